The molecule has 2 aromatic carbocycles. The zero-order chi connectivity index (χ0) is 24.8. The molecular formula is C26H28N4O5. The maximum absolute atomic E-state index is 12.3. The van der Waals surface area contributed by atoms with Gasteiger partial charge in [-0.25, -0.2) is 14.6 Å². The van der Waals surface area contributed by atoms with Gasteiger partial charge in [0.25, 0.3) is 0 Å². The summed E-state index contributed by atoms with van der Waals surface area (Å²) in [5.41, 5.74) is 5.19. The molecule has 0 saturated carbocycles. The molecule has 9 nitrogen and oxygen atoms in total. The molecule has 35 heavy (non-hydrogen) atoms. The van der Waals surface area contributed by atoms with Gasteiger partial charge in [0.2, 0.25) is 5.91 Å². The number of fused-ring (bicyclic) bond motifs is 3. The average molecular weight is 477 g/mol. The number of H-pyrrole nitrogens is 1. The van der Waals surface area contributed by atoms with Crippen molar-refractivity contribution in [3.63, 3.8) is 0 Å². The van der Waals surface area contributed by atoms with Crippen molar-refractivity contribution < 1.29 is 24.2 Å². The second-order valence-corrected chi connectivity index (χ2v) is 8.76. The second kappa shape index (κ2) is 10.9. The van der Waals surface area contributed by atoms with Gasteiger partial charge in [-0.1, -0.05) is 55.5 Å². The molecule has 0 bridgehead atoms. The summed E-state index contributed by atoms with van der Waals surface area (Å²) in [6.07, 6.45) is 2.58. The zero-order valence-electron chi connectivity index (χ0n) is 19.4. The number of benzene rings is 2. The van der Waals surface area contributed by atoms with Crippen LogP contribution in [-0.2, 0) is 20.7 Å². The van der Waals surface area contributed by atoms with Crippen LogP contribution in [-0.4, -0.2) is 52.2 Å². The Bertz CT molecular complexity index is 1150. The van der Waals surface area contributed by atoms with Crippen LogP contribution in [0.4, 0.5) is 4.79 Å². The highest BCUT2D eigenvalue weighted by atomic mass is 16.5. The maximum Gasteiger partial charge on any atom is 0.407 e. The molecule has 2 amide bonds. The van der Waals surface area contributed by atoms with Crippen LogP contribution in [0.15, 0.2) is 61.1 Å². The number of ether oxygens (including phenoxy) is 1. The molecule has 2 atom stereocenters. The maximum atomic E-state index is 12.3. The number of carboxylic acid groups (broad SMARTS) is 1. The molecule has 1 heterocycles. The monoisotopic (exact) mass is 476 g/mol. The van der Waals surface area contributed by atoms with Gasteiger partial charge in [0.05, 0.1) is 6.33 Å². The number of carboxylic acids is 1. The van der Waals surface area contributed by atoms with Gasteiger partial charge in [-0.15, -0.1) is 0 Å². The standard InChI is InChI=1S/C26H28N4O5/c1-16(10-24(31)30-23(25(32)33)11-17-13-27-15-29-17)12-28-26(34)35-14-22-20-8-4-2-6-18(20)19-7-3-5-9-21(19)22/h2-9,13,15-16,22-23H,10-12,14H2,1H3,(H,27,29)(H,28,34)(H,30,31)(H,32,33)/t16?,23-/m0/s1. The quantitative estimate of drug-likeness (QED) is 0.355. The number of aromatic nitrogens is 2. The fourth-order valence-corrected chi connectivity index (χ4v) is 4.37. The summed E-state index contributed by atoms with van der Waals surface area (Å²) in [6.45, 7) is 2.24. The van der Waals surface area contributed by atoms with E-state index in [9.17, 15) is 19.5 Å². The molecule has 3 aromatic rings. The Morgan fingerprint density at radius 2 is 1.74 bits per heavy atom. The third-order valence-corrected chi connectivity index (χ3v) is 6.08. The van der Waals surface area contributed by atoms with Crippen LogP contribution in [0.5, 0.6) is 0 Å². The van der Waals surface area contributed by atoms with Crippen molar-refractivity contribution in [3.8, 4) is 11.1 Å². The lowest BCUT2D eigenvalue weighted by Gasteiger charge is -2.17. The first-order valence-corrected chi connectivity index (χ1v) is 11.5. The molecule has 4 N–H and O–H groups in total. The highest BCUT2D eigenvalue weighted by Crippen LogP contribution is 2.44. The van der Waals surface area contributed by atoms with Gasteiger partial charge in [0, 0.05) is 37.2 Å². The summed E-state index contributed by atoms with van der Waals surface area (Å²) >= 11 is 0. The Labute approximate surface area is 202 Å². The van der Waals surface area contributed by atoms with Gasteiger partial charge in [-0.05, 0) is 28.2 Å². The summed E-state index contributed by atoms with van der Waals surface area (Å²) in [7, 11) is 0. The van der Waals surface area contributed by atoms with E-state index >= 15 is 0 Å². The average Bonchev–Trinajstić information content (AvgIpc) is 3.47. The molecule has 182 valence electrons. The van der Waals surface area contributed by atoms with Crippen LogP contribution in [0.1, 0.15) is 36.1 Å². The molecule has 0 fully saturated rings. The molecule has 1 aliphatic carbocycles. The predicted molar refractivity (Wildman–Crippen MR) is 129 cm³/mol. The van der Waals surface area contributed by atoms with Crippen molar-refractivity contribution in [1.29, 1.82) is 0 Å². The van der Waals surface area contributed by atoms with Crippen molar-refractivity contribution in [2.24, 2.45) is 5.92 Å². The van der Waals surface area contributed by atoms with Crippen LogP contribution >= 0.6 is 0 Å². The van der Waals surface area contributed by atoms with E-state index in [0.29, 0.717) is 5.69 Å². The number of amides is 2. The third kappa shape index (κ3) is 5.87. The van der Waals surface area contributed by atoms with Crippen molar-refractivity contribution in [2.75, 3.05) is 13.2 Å². The lowest BCUT2D eigenvalue weighted by Crippen LogP contribution is -2.43. The number of aromatic amines is 1. The first kappa shape index (κ1) is 24.0. The highest BCUT2D eigenvalue weighted by Gasteiger charge is 2.29. The van der Waals surface area contributed by atoms with Gasteiger partial charge in [0.15, 0.2) is 0 Å². The molecule has 9 heteroatoms. The minimum atomic E-state index is -1.13. The number of alkyl carbamates (subject to hydrolysis) is 1. The number of nitrogens with zero attached hydrogens (tertiary/aromatic N) is 1. The molecule has 1 unspecified atom stereocenters. The summed E-state index contributed by atoms with van der Waals surface area (Å²) in [5, 5.41) is 14.6. The number of carbonyl (C=O) groups is 3. The van der Waals surface area contributed by atoms with Crippen molar-refractivity contribution in [3.05, 3.63) is 77.9 Å². The van der Waals surface area contributed by atoms with E-state index in [1.54, 1.807) is 6.92 Å². The summed E-state index contributed by atoms with van der Waals surface area (Å²) in [4.78, 5) is 42.8. The normalized spacial score (nSPS) is 13.9. The number of aliphatic carboxylic acids is 1. The summed E-state index contributed by atoms with van der Waals surface area (Å²) in [6, 6.07) is 15.2. The minimum absolute atomic E-state index is 0.0285. The number of carbonyl (C=O) groups excluding carboxylic acids is 2. The van der Waals surface area contributed by atoms with Crippen LogP contribution in [0, 0.1) is 5.92 Å². The van der Waals surface area contributed by atoms with Crippen LogP contribution in [0.2, 0.25) is 0 Å². The lowest BCUT2D eigenvalue weighted by molar-refractivity contribution is -0.141. The third-order valence-electron chi connectivity index (χ3n) is 6.08. The minimum Gasteiger partial charge on any atom is -0.480 e. The van der Waals surface area contributed by atoms with Gasteiger partial charge < -0.3 is 25.5 Å². The van der Waals surface area contributed by atoms with E-state index in [-0.39, 0.29) is 37.8 Å². The predicted octanol–water partition coefficient (Wildman–Crippen LogP) is 3.09. The molecular weight excluding hydrogens is 448 g/mol. The Morgan fingerprint density at radius 1 is 1.09 bits per heavy atom. The summed E-state index contributed by atoms with van der Waals surface area (Å²) < 4.78 is 5.51. The van der Waals surface area contributed by atoms with E-state index in [4.69, 9.17) is 4.74 Å². The SMILES string of the molecule is CC(CNC(=O)OCC1c2ccccc2-c2ccccc21)CC(=O)N[C@@H](Cc1cnc[nH]1)C(=O)O. The van der Waals surface area contributed by atoms with Gasteiger partial charge in [-0.3, -0.25) is 4.79 Å². The molecule has 0 saturated heterocycles. The molecule has 0 radical (unpaired) electrons. The summed E-state index contributed by atoms with van der Waals surface area (Å²) in [5.74, 6) is -1.77. The second-order valence-electron chi connectivity index (χ2n) is 8.76. The van der Waals surface area contributed by atoms with E-state index in [1.807, 2.05) is 24.3 Å². The molecule has 0 aliphatic heterocycles. The van der Waals surface area contributed by atoms with Crippen LogP contribution in [0.25, 0.3) is 11.1 Å². The highest BCUT2D eigenvalue weighted by molar-refractivity contribution is 5.84. The smallest absolute Gasteiger partial charge is 0.407 e. The van der Waals surface area contributed by atoms with Crippen LogP contribution in [0.3, 0.4) is 0 Å². The topological polar surface area (TPSA) is 133 Å². The first-order valence-electron chi connectivity index (χ1n) is 11.5. The fourth-order valence-electron chi connectivity index (χ4n) is 4.37. The number of hydrogen-bond donors (Lipinski definition) is 4. The van der Waals surface area contributed by atoms with E-state index in [0.717, 1.165) is 22.3 Å². The largest absolute Gasteiger partial charge is 0.480 e. The van der Waals surface area contributed by atoms with E-state index < -0.39 is 24.0 Å². The van der Waals surface area contributed by atoms with E-state index in [1.165, 1.54) is 12.5 Å². The zero-order valence-corrected chi connectivity index (χ0v) is 19.4. The number of hydrogen-bond acceptors (Lipinski definition) is 5. The van der Waals surface area contributed by atoms with E-state index in [2.05, 4.69) is 44.9 Å². The number of imidazole rings is 1. The van der Waals surface area contributed by atoms with Crippen molar-refractivity contribution in [1.82, 2.24) is 20.6 Å². The number of rotatable bonds is 10. The van der Waals surface area contributed by atoms with Gasteiger partial charge >= 0.3 is 12.1 Å². The lowest BCUT2D eigenvalue weighted by atomic mass is 9.98. The Kier molecular flexibility index (Phi) is 7.45. The first-order chi connectivity index (χ1) is 16.9. The molecule has 4 rings (SSSR count). The Hall–Kier alpha value is -4.14. The molecule has 1 aromatic heterocycles. The molecule has 1 aliphatic rings. The Morgan fingerprint density at radius 3 is 2.34 bits per heavy atom. The number of nitrogens with one attached hydrogen (secondary N) is 3. The van der Waals surface area contributed by atoms with Gasteiger partial charge in [0.1, 0.15) is 12.6 Å². The fraction of sp³-hybridized carbons (Fsp3) is 0.308. The van der Waals surface area contributed by atoms with Crippen molar-refractivity contribution >= 4 is 18.0 Å². The van der Waals surface area contributed by atoms with Crippen molar-refractivity contribution in [2.45, 2.75) is 31.7 Å². The van der Waals surface area contributed by atoms with Crippen LogP contribution < -0.4 is 10.6 Å². The van der Waals surface area contributed by atoms with Gasteiger partial charge in [-0.2, -0.15) is 0 Å². The Balaban J connectivity index is 1.23. The molecule has 0 spiro atoms.